The van der Waals surface area contributed by atoms with Crippen molar-refractivity contribution in [3.63, 3.8) is 0 Å². The van der Waals surface area contributed by atoms with Crippen molar-refractivity contribution in [1.29, 1.82) is 0 Å². The van der Waals surface area contributed by atoms with Crippen molar-refractivity contribution in [2.75, 3.05) is 6.54 Å². The van der Waals surface area contributed by atoms with Crippen LogP contribution in [0.2, 0.25) is 0 Å². The Morgan fingerprint density at radius 3 is 2.39 bits per heavy atom. The van der Waals surface area contributed by atoms with E-state index < -0.39 is 35.6 Å². The van der Waals surface area contributed by atoms with E-state index in [1.807, 2.05) is 23.2 Å². The van der Waals surface area contributed by atoms with Gasteiger partial charge in [0.15, 0.2) is 0 Å². The molecule has 0 bridgehead atoms. The number of carbonyl (C=O) groups is 2. The second-order valence-corrected chi connectivity index (χ2v) is 6.93. The molecule has 0 saturated heterocycles. The fourth-order valence-electron chi connectivity index (χ4n) is 2.14. The molecule has 1 heterocycles. The molecule has 10 heteroatoms. The molecule has 0 saturated carbocycles. The van der Waals surface area contributed by atoms with Crippen molar-refractivity contribution in [3.8, 4) is 0 Å². The minimum atomic E-state index is -0.866. The van der Waals surface area contributed by atoms with Gasteiger partial charge in [-0.15, -0.1) is 0 Å². The van der Waals surface area contributed by atoms with E-state index in [4.69, 9.17) is 9.47 Å². The maximum atomic E-state index is 12.4. The number of esters is 1. The number of nitrogens with one attached hydrogen (secondary N) is 2. The molecular formula is C18H22N4O6. The van der Waals surface area contributed by atoms with Gasteiger partial charge in [-0.1, -0.05) is 30.3 Å². The van der Waals surface area contributed by atoms with Crippen LogP contribution in [0, 0.1) is 0 Å². The molecule has 10 nitrogen and oxygen atoms in total. The Morgan fingerprint density at radius 2 is 1.79 bits per heavy atom. The van der Waals surface area contributed by atoms with Crippen molar-refractivity contribution in [2.24, 2.45) is 0 Å². The minimum absolute atomic E-state index is 0.0436. The molecule has 0 spiro atoms. The summed E-state index contributed by atoms with van der Waals surface area (Å²) in [6, 6.07) is 9.05. The zero-order valence-corrected chi connectivity index (χ0v) is 15.9. The van der Waals surface area contributed by atoms with Gasteiger partial charge in [0.05, 0.1) is 6.54 Å². The Morgan fingerprint density at radius 1 is 1.11 bits per heavy atom. The SMILES string of the molecule is CC(C)(C)OC(=O)N(CC(=O)OCc1ccccc1)Cc1nc(=O)[nH]c(=O)[nH]1. The largest absolute Gasteiger partial charge is 0.459 e. The molecule has 1 aromatic heterocycles. The van der Waals surface area contributed by atoms with Crippen molar-refractivity contribution in [2.45, 2.75) is 39.5 Å². The molecule has 2 rings (SSSR count). The van der Waals surface area contributed by atoms with E-state index in [9.17, 15) is 19.2 Å². The van der Waals surface area contributed by atoms with Gasteiger partial charge in [0, 0.05) is 0 Å². The number of hydrogen-bond donors (Lipinski definition) is 2. The van der Waals surface area contributed by atoms with Crippen molar-refractivity contribution in [3.05, 3.63) is 62.7 Å². The van der Waals surface area contributed by atoms with Gasteiger partial charge in [-0.05, 0) is 26.3 Å². The fourth-order valence-corrected chi connectivity index (χ4v) is 2.14. The van der Waals surface area contributed by atoms with Crippen LogP contribution in [0.1, 0.15) is 32.2 Å². The number of ether oxygens (including phenoxy) is 2. The first-order valence-corrected chi connectivity index (χ1v) is 8.49. The molecule has 0 aliphatic carbocycles. The fraction of sp³-hybridized carbons (Fsp3) is 0.389. The lowest BCUT2D eigenvalue weighted by Crippen LogP contribution is -2.41. The van der Waals surface area contributed by atoms with Gasteiger partial charge in [0.1, 0.15) is 24.6 Å². The molecule has 28 heavy (non-hydrogen) atoms. The number of aromatic amines is 2. The molecule has 2 aromatic rings. The van der Waals surface area contributed by atoms with E-state index in [0.717, 1.165) is 10.5 Å². The van der Waals surface area contributed by atoms with Gasteiger partial charge >= 0.3 is 23.4 Å². The van der Waals surface area contributed by atoms with Gasteiger partial charge in [0.25, 0.3) is 0 Å². The number of amides is 1. The Labute approximate surface area is 160 Å². The number of benzene rings is 1. The molecule has 0 unspecified atom stereocenters. The molecule has 1 amide bonds. The first-order chi connectivity index (χ1) is 13.1. The highest BCUT2D eigenvalue weighted by molar-refractivity contribution is 5.78. The van der Waals surface area contributed by atoms with Crippen LogP contribution in [-0.2, 0) is 27.4 Å². The smallest absolute Gasteiger partial charge is 0.411 e. The number of nitrogens with zero attached hydrogens (tertiary/aromatic N) is 2. The topological polar surface area (TPSA) is 134 Å². The predicted octanol–water partition coefficient (Wildman–Crippen LogP) is 0.939. The van der Waals surface area contributed by atoms with E-state index >= 15 is 0 Å². The van der Waals surface area contributed by atoms with Crippen LogP contribution in [0.15, 0.2) is 39.9 Å². The van der Waals surface area contributed by atoms with Crippen LogP contribution >= 0.6 is 0 Å². The first kappa shape index (κ1) is 20.9. The summed E-state index contributed by atoms with van der Waals surface area (Å²) in [6.07, 6.45) is -0.813. The van der Waals surface area contributed by atoms with Crippen molar-refractivity contribution >= 4 is 12.1 Å². The predicted molar refractivity (Wildman–Crippen MR) is 98.4 cm³/mol. The van der Waals surface area contributed by atoms with E-state index in [2.05, 4.69) is 9.97 Å². The van der Waals surface area contributed by atoms with Crippen LogP contribution < -0.4 is 11.4 Å². The van der Waals surface area contributed by atoms with E-state index in [0.29, 0.717) is 0 Å². The standard InChI is InChI=1S/C18H22N4O6/c1-18(2,3)28-17(26)22(9-13-19-15(24)21-16(25)20-13)10-14(23)27-11-12-7-5-4-6-8-12/h4-8H,9-11H2,1-3H3,(H2,19,20,21,24,25). The summed E-state index contributed by atoms with van der Waals surface area (Å²) in [6.45, 7) is 4.30. The zero-order valence-electron chi connectivity index (χ0n) is 15.9. The van der Waals surface area contributed by atoms with Gasteiger partial charge in [-0.2, -0.15) is 4.98 Å². The highest BCUT2D eigenvalue weighted by Gasteiger charge is 2.25. The normalized spacial score (nSPS) is 11.0. The zero-order chi connectivity index (χ0) is 20.7. The van der Waals surface area contributed by atoms with Crippen LogP contribution in [0.5, 0.6) is 0 Å². The number of carbonyl (C=O) groups excluding carboxylic acids is 2. The maximum Gasteiger partial charge on any atom is 0.411 e. The number of H-pyrrole nitrogens is 2. The summed E-state index contributed by atoms with van der Waals surface area (Å²) in [4.78, 5) is 56.2. The summed E-state index contributed by atoms with van der Waals surface area (Å²) in [5.74, 6) is -0.766. The van der Waals surface area contributed by atoms with Crippen LogP contribution in [0.25, 0.3) is 0 Å². The lowest BCUT2D eigenvalue weighted by molar-refractivity contribution is -0.146. The summed E-state index contributed by atoms with van der Waals surface area (Å²) in [7, 11) is 0. The van der Waals surface area contributed by atoms with Crippen LogP contribution in [0.4, 0.5) is 4.79 Å². The molecule has 0 radical (unpaired) electrons. The van der Waals surface area contributed by atoms with Crippen LogP contribution in [0.3, 0.4) is 0 Å². The van der Waals surface area contributed by atoms with Gasteiger partial charge < -0.3 is 9.47 Å². The van der Waals surface area contributed by atoms with Crippen LogP contribution in [-0.4, -0.2) is 44.1 Å². The monoisotopic (exact) mass is 390 g/mol. The molecule has 2 N–H and O–H groups in total. The third kappa shape index (κ3) is 7.06. The second-order valence-electron chi connectivity index (χ2n) is 6.93. The third-order valence-corrected chi connectivity index (χ3v) is 3.27. The molecule has 0 fully saturated rings. The highest BCUT2D eigenvalue weighted by atomic mass is 16.6. The Balaban J connectivity index is 2.10. The molecular weight excluding hydrogens is 368 g/mol. The van der Waals surface area contributed by atoms with E-state index in [1.54, 1.807) is 32.9 Å². The first-order valence-electron chi connectivity index (χ1n) is 8.49. The Kier molecular flexibility index (Phi) is 6.69. The molecule has 0 aliphatic rings. The highest BCUT2D eigenvalue weighted by Crippen LogP contribution is 2.11. The summed E-state index contributed by atoms with van der Waals surface area (Å²) < 4.78 is 10.4. The average Bonchev–Trinajstić information content (AvgIpc) is 2.58. The minimum Gasteiger partial charge on any atom is -0.459 e. The number of aromatic nitrogens is 3. The van der Waals surface area contributed by atoms with Gasteiger partial charge in [-0.3, -0.25) is 19.7 Å². The second kappa shape index (κ2) is 8.98. The van der Waals surface area contributed by atoms with Crippen molar-refractivity contribution in [1.82, 2.24) is 19.9 Å². The molecule has 1 aromatic carbocycles. The summed E-state index contributed by atoms with van der Waals surface area (Å²) in [5.41, 5.74) is -1.65. The lowest BCUT2D eigenvalue weighted by Gasteiger charge is -2.26. The Bertz CT molecular complexity index is 901. The van der Waals surface area contributed by atoms with E-state index in [-0.39, 0.29) is 19.0 Å². The maximum absolute atomic E-state index is 12.4. The average molecular weight is 390 g/mol. The Hall–Kier alpha value is -3.43. The quantitative estimate of drug-likeness (QED) is 0.701. The molecule has 0 atom stereocenters. The lowest BCUT2D eigenvalue weighted by atomic mass is 10.2. The van der Waals surface area contributed by atoms with Crippen molar-refractivity contribution < 1.29 is 19.1 Å². The summed E-state index contributed by atoms with van der Waals surface area (Å²) in [5, 5.41) is 0. The third-order valence-electron chi connectivity index (χ3n) is 3.27. The van der Waals surface area contributed by atoms with Gasteiger partial charge in [0.2, 0.25) is 0 Å². The van der Waals surface area contributed by atoms with Gasteiger partial charge in [-0.25, -0.2) is 14.4 Å². The number of hydrogen-bond acceptors (Lipinski definition) is 7. The summed E-state index contributed by atoms with van der Waals surface area (Å²) >= 11 is 0. The number of rotatable bonds is 6. The molecule has 0 aliphatic heterocycles. The van der Waals surface area contributed by atoms with E-state index in [1.165, 1.54) is 0 Å². The molecule has 150 valence electrons.